The Kier molecular flexibility index (Phi) is 6.63. The maximum absolute atomic E-state index is 10.1. The number of hydrogen-bond acceptors (Lipinski definition) is 7. The van der Waals surface area contributed by atoms with Crippen LogP contribution in [0.3, 0.4) is 0 Å². The molecule has 1 heterocycles. The minimum Gasteiger partial charge on any atom is -0.504 e. The maximum atomic E-state index is 10.1. The van der Waals surface area contributed by atoms with E-state index in [4.69, 9.17) is 28.4 Å². The summed E-state index contributed by atoms with van der Waals surface area (Å²) in [6.07, 6.45) is -0.570. The normalized spacial score (nSPS) is 23.3. The van der Waals surface area contributed by atoms with Gasteiger partial charge >= 0.3 is 0 Å². The number of phenols is 1. The summed E-state index contributed by atoms with van der Waals surface area (Å²) in [7, 11) is 7.90. The van der Waals surface area contributed by atoms with Gasteiger partial charge < -0.3 is 33.5 Å². The van der Waals surface area contributed by atoms with Crippen molar-refractivity contribution in [3.05, 3.63) is 29.8 Å². The fourth-order valence-corrected chi connectivity index (χ4v) is 4.07. The van der Waals surface area contributed by atoms with Crippen molar-refractivity contribution < 1.29 is 33.5 Å². The molecule has 30 heavy (non-hydrogen) atoms. The fourth-order valence-electron chi connectivity index (χ4n) is 4.07. The first kappa shape index (κ1) is 22.1. The number of rotatable bonds is 7. The van der Waals surface area contributed by atoms with E-state index in [1.165, 1.54) is 7.11 Å². The van der Waals surface area contributed by atoms with E-state index in [2.05, 4.69) is 13.8 Å². The van der Waals surface area contributed by atoms with Crippen molar-refractivity contribution in [1.29, 1.82) is 0 Å². The molecule has 7 heteroatoms. The van der Waals surface area contributed by atoms with Crippen LogP contribution in [0.4, 0.5) is 0 Å². The van der Waals surface area contributed by atoms with Gasteiger partial charge in [0.1, 0.15) is 0 Å². The number of ether oxygens (including phenoxy) is 6. The van der Waals surface area contributed by atoms with Crippen molar-refractivity contribution in [2.24, 2.45) is 11.8 Å². The Morgan fingerprint density at radius 1 is 0.800 bits per heavy atom. The van der Waals surface area contributed by atoms with E-state index in [0.29, 0.717) is 23.0 Å². The van der Waals surface area contributed by atoms with E-state index in [9.17, 15) is 5.11 Å². The molecular weight excluding hydrogens is 388 g/mol. The van der Waals surface area contributed by atoms with Crippen LogP contribution >= 0.6 is 0 Å². The van der Waals surface area contributed by atoms with Gasteiger partial charge in [0.25, 0.3) is 0 Å². The van der Waals surface area contributed by atoms with Crippen molar-refractivity contribution in [3.8, 4) is 39.9 Å². The summed E-state index contributed by atoms with van der Waals surface area (Å²) in [5.41, 5.74) is 2.46. The van der Waals surface area contributed by atoms with Crippen LogP contribution in [0.5, 0.6) is 28.7 Å². The van der Waals surface area contributed by atoms with Crippen LogP contribution in [0.2, 0.25) is 0 Å². The lowest BCUT2D eigenvalue weighted by Crippen LogP contribution is -2.17. The van der Waals surface area contributed by atoms with Crippen LogP contribution in [0.15, 0.2) is 24.3 Å². The van der Waals surface area contributed by atoms with Crippen molar-refractivity contribution in [3.63, 3.8) is 0 Å². The standard InChI is InChI=1S/C23H30O7/c1-12-13(2)23(29-7)30-20(12)15-11-18(26-4)21(27-5)22(28-6)19(15)14-8-9-16(24)17(10-14)25-3/h8-13,20,23-24H,1-7H3/t12-,13-,20-,23-/m1/s1. The van der Waals surface area contributed by atoms with Crippen molar-refractivity contribution in [2.45, 2.75) is 26.2 Å². The monoisotopic (exact) mass is 418 g/mol. The lowest BCUT2D eigenvalue weighted by molar-refractivity contribution is -0.130. The molecule has 1 N–H and O–H groups in total. The summed E-state index contributed by atoms with van der Waals surface area (Å²) in [6.45, 7) is 4.25. The van der Waals surface area contributed by atoms with Gasteiger partial charge in [-0.15, -0.1) is 0 Å². The molecule has 0 aliphatic carbocycles. The highest BCUT2D eigenvalue weighted by molar-refractivity contribution is 5.81. The molecule has 1 saturated heterocycles. The smallest absolute Gasteiger partial charge is 0.203 e. The van der Waals surface area contributed by atoms with E-state index in [1.807, 2.05) is 12.1 Å². The first-order chi connectivity index (χ1) is 14.4. The van der Waals surface area contributed by atoms with E-state index in [-0.39, 0.29) is 30.0 Å². The molecule has 1 aliphatic rings. The van der Waals surface area contributed by atoms with Crippen LogP contribution < -0.4 is 18.9 Å². The van der Waals surface area contributed by atoms with Gasteiger partial charge in [-0.3, -0.25) is 0 Å². The molecule has 2 aromatic carbocycles. The van der Waals surface area contributed by atoms with Gasteiger partial charge in [0.2, 0.25) is 5.75 Å². The third kappa shape index (κ3) is 3.63. The molecule has 3 rings (SSSR count). The topological polar surface area (TPSA) is 75.6 Å². The van der Waals surface area contributed by atoms with Crippen LogP contribution in [0, 0.1) is 11.8 Å². The number of benzene rings is 2. The molecule has 0 saturated carbocycles. The van der Waals surface area contributed by atoms with Gasteiger partial charge in [-0.25, -0.2) is 0 Å². The first-order valence-electron chi connectivity index (χ1n) is 9.80. The molecule has 0 amide bonds. The molecule has 7 nitrogen and oxygen atoms in total. The zero-order valence-electron chi connectivity index (χ0n) is 18.5. The maximum Gasteiger partial charge on any atom is 0.203 e. The average Bonchev–Trinajstić information content (AvgIpc) is 3.06. The highest BCUT2D eigenvalue weighted by atomic mass is 16.7. The number of methoxy groups -OCH3 is 5. The van der Waals surface area contributed by atoms with Crippen molar-refractivity contribution in [2.75, 3.05) is 35.5 Å². The third-order valence-corrected chi connectivity index (χ3v) is 5.88. The number of hydrogen-bond donors (Lipinski definition) is 1. The van der Waals surface area contributed by atoms with Crippen LogP contribution in [-0.2, 0) is 9.47 Å². The molecule has 164 valence electrons. The average molecular weight is 418 g/mol. The van der Waals surface area contributed by atoms with Crippen molar-refractivity contribution in [1.82, 2.24) is 0 Å². The predicted octanol–water partition coefficient (Wildman–Crippen LogP) is 4.41. The van der Waals surface area contributed by atoms with Crippen molar-refractivity contribution >= 4 is 0 Å². The van der Waals surface area contributed by atoms with Gasteiger partial charge in [0, 0.05) is 18.6 Å². The zero-order chi connectivity index (χ0) is 22.0. The van der Waals surface area contributed by atoms with Gasteiger partial charge in [-0.2, -0.15) is 0 Å². The molecule has 0 aromatic heterocycles. The summed E-state index contributed by atoms with van der Waals surface area (Å²) in [6, 6.07) is 7.08. The van der Waals surface area contributed by atoms with Crippen LogP contribution in [0.25, 0.3) is 11.1 Å². The highest BCUT2D eigenvalue weighted by Gasteiger charge is 2.42. The fraction of sp³-hybridized carbons (Fsp3) is 0.478. The molecule has 0 bridgehead atoms. The molecule has 0 unspecified atom stereocenters. The molecule has 1 fully saturated rings. The SMILES string of the molecule is COc1cc(-c2c([C@@H]3O[C@@H](OC)[C@H](C)[C@H]3C)cc(OC)c(OC)c2OC)ccc1O. The molecule has 2 aromatic rings. The Morgan fingerprint density at radius 2 is 1.47 bits per heavy atom. The van der Waals surface area contributed by atoms with Gasteiger partial charge in [-0.1, -0.05) is 19.9 Å². The second kappa shape index (κ2) is 9.02. The van der Waals surface area contributed by atoms with E-state index < -0.39 is 0 Å². The van der Waals surface area contributed by atoms with Gasteiger partial charge in [-0.05, 0) is 35.2 Å². The van der Waals surface area contributed by atoms with E-state index >= 15 is 0 Å². The largest absolute Gasteiger partial charge is 0.504 e. The quantitative estimate of drug-likeness (QED) is 0.714. The zero-order valence-corrected chi connectivity index (χ0v) is 18.5. The Morgan fingerprint density at radius 3 is 2.00 bits per heavy atom. The second-order valence-electron chi connectivity index (χ2n) is 7.38. The lowest BCUT2D eigenvalue weighted by atomic mass is 9.85. The molecule has 0 radical (unpaired) electrons. The van der Waals surface area contributed by atoms with Crippen LogP contribution in [0.1, 0.15) is 25.5 Å². The Labute approximate surface area is 177 Å². The minimum atomic E-state index is -0.314. The first-order valence-corrected chi connectivity index (χ1v) is 9.80. The summed E-state index contributed by atoms with van der Waals surface area (Å²) in [4.78, 5) is 0. The molecular formula is C23H30O7. The summed E-state index contributed by atoms with van der Waals surface area (Å²) >= 11 is 0. The molecule has 4 atom stereocenters. The van der Waals surface area contributed by atoms with E-state index in [0.717, 1.165) is 16.7 Å². The summed E-state index contributed by atoms with van der Waals surface area (Å²) in [5, 5.41) is 10.1. The number of aromatic hydroxyl groups is 1. The summed E-state index contributed by atoms with van der Waals surface area (Å²) in [5.74, 6) is 2.33. The number of phenolic OH excluding ortho intramolecular Hbond substituents is 1. The summed E-state index contributed by atoms with van der Waals surface area (Å²) < 4.78 is 34.1. The molecule has 1 aliphatic heterocycles. The Bertz CT molecular complexity index is 896. The molecule has 0 spiro atoms. The minimum absolute atomic E-state index is 0.0563. The Hall–Kier alpha value is -2.64. The van der Waals surface area contributed by atoms with Gasteiger partial charge in [0.05, 0.1) is 34.5 Å². The van der Waals surface area contributed by atoms with E-state index in [1.54, 1.807) is 40.6 Å². The predicted molar refractivity (Wildman–Crippen MR) is 113 cm³/mol. The second-order valence-corrected chi connectivity index (χ2v) is 7.38. The Balaban J connectivity index is 2.31. The van der Waals surface area contributed by atoms with Gasteiger partial charge in [0.15, 0.2) is 29.3 Å². The van der Waals surface area contributed by atoms with Crippen LogP contribution in [-0.4, -0.2) is 46.9 Å². The lowest BCUT2D eigenvalue weighted by Gasteiger charge is -2.25. The highest BCUT2D eigenvalue weighted by Crippen LogP contribution is 2.53. The third-order valence-electron chi connectivity index (χ3n) is 5.88.